The normalized spacial score (nSPS) is 26.9. The number of ether oxygens (including phenoxy) is 2. The predicted octanol–water partition coefficient (Wildman–Crippen LogP) is 2.23. The quantitative estimate of drug-likeness (QED) is 0.887. The molecule has 1 aliphatic heterocycles. The molecule has 0 spiro atoms. The van der Waals surface area contributed by atoms with E-state index in [4.69, 9.17) is 15.2 Å². The molecule has 1 aliphatic carbocycles. The summed E-state index contributed by atoms with van der Waals surface area (Å²) in [7, 11) is 0. The molecule has 2 unspecified atom stereocenters. The fourth-order valence-electron chi connectivity index (χ4n) is 2.87. The number of hydrogen-bond acceptors (Lipinski definition) is 3. The second kappa shape index (κ2) is 4.56. The minimum atomic E-state index is 0.149. The predicted molar refractivity (Wildman–Crippen MR) is 70.9 cm³/mol. The Morgan fingerprint density at radius 3 is 2.78 bits per heavy atom. The first-order valence-corrected chi connectivity index (χ1v) is 6.82. The highest BCUT2D eigenvalue weighted by Gasteiger charge is 2.49. The molecular formula is C15H21NO2. The summed E-state index contributed by atoms with van der Waals surface area (Å²) in [5, 5.41) is 0. The first-order chi connectivity index (χ1) is 8.72. The third kappa shape index (κ3) is 2.02. The lowest BCUT2D eigenvalue weighted by molar-refractivity contribution is 0.140. The van der Waals surface area contributed by atoms with Gasteiger partial charge in [0.2, 0.25) is 0 Å². The molecular weight excluding hydrogens is 226 g/mol. The number of benzene rings is 1. The Kier molecular flexibility index (Phi) is 3.04. The summed E-state index contributed by atoms with van der Waals surface area (Å²) in [4.78, 5) is 0. The van der Waals surface area contributed by atoms with E-state index in [-0.39, 0.29) is 17.6 Å². The molecule has 2 aliphatic rings. The highest BCUT2D eigenvalue weighted by molar-refractivity contribution is 5.44. The molecule has 0 bridgehead atoms. The summed E-state index contributed by atoms with van der Waals surface area (Å²) in [6.07, 6.45) is 3.54. The van der Waals surface area contributed by atoms with Crippen LogP contribution in [0.3, 0.4) is 0 Å². The number of para-hydroxylation sites is 1. The van der Waals surface area contributed by atoms with E-state index in [0.29, 0.717) is 6.61 Å². The summed E-state index contributed by atoms with van der Waals surface area (Å²) in [5.41, 5.74) is 7.59. The molecule has 0 aromatic heterocycles. The van der Waals surface area contributed by atoms with Gasteiger partial charge in [0.25, 0.3) is 0 Å². The van der Waals surface area contributed by atoms with Crippen LogP contribution in [0.25, 0.3) is 0 Å². The smallest absolute Gasteiger partial charge is 0.124 e. The average Bonchev–Trinajstić information content (AvgIpc) is 3.03. The van der Waals surface area contributed by atoms with Gasteiger partial charge in [-0.25, -0.2) is 0 Å². The Bertz CT molecular complexity index is 420. The van der Waals surface area contributed by atoms with Gasteiger partial charge in [-0.2, -0.15) is 0 Å². The van der Waals surface area contributed by atoms with Gasteiger partial charge in [0.05, 0.1) is 13.2 Å². The second-order valence-corrected chi connectivity index (χ2v) is 5.54. The number of hydrogen-bond donors (Lipinski definition) is 1. The van der Waals surface area contributed by atoms with Crippen molar-refractivity contribution in [2.75, 3.05) is 13.2 Å². The van der Waals surface area contributed by atoms with Crippen molar-refractivity contribution in [3.8, 4) is 5.75 Å². The van der Waals surface area contributed by atoms with Crippen LogP contribution < -0.4 is 10.5 Å². The molecule has 1 saturated carbocycles. The molecule has 0 amide bonds. The average molecular weight is 247 g/mol. The third-order valence-corrected chi connectivity index (χ3v) is 4.27. The lowest BCUT2D eigenvalue weighted by Gasteiger charge is -2.24. The van der Waals surface area contributed by atoms with Gasteiger partial charge in [-0.15, -0.1) is 0 Å². The molecule has 2 N–H and O–H groups in total. The van der Waals surface area contributed by atoms with Gasteiger partial charge in [0.15, 0.2) is 0 Å². The van der Waals surface area contributed by atoms with Crippen LogP contribution in [-0.2, 0) is 10.2 Å². The van der Waals surface area contributed by atoms with Crippen molar-refractivity contribution < 1.29 is 9.47 Å². The highest BCUT2D eigenvalue weighted by atomic mass is 16.5. The van der Waals surface area contributed by atoms with E-state index in [0.717, 1.165) is 18.8 Å². The lowest BCUT2D eigenvalue weighted by Crippen LogP contribution is -2.32. The first-order valence-electron chi connectivity index (χ1n) is 6.82. The Morgan fingerprint density at radius 1 is 1.39 bits per heavy atom. The molecule has 0 radical (unpaired) electrons. The van der Waals surface area contributed by atoms with Crippen molar-refractivity contribution in [1.29, 1.82) is 0 Å². The van der Waals surface area contributed by atoms with Crippen LogP contribution in [0.15, 0.2) is 24.3 Å². The van der Waals surface area contributed by atoms with E-state index in [1.807, 2.05) is 6.07 Å². The van der Waals surface area contributed by atoms with Gasteiger partial charge in [0, 0.05) is 23.4 Å². The molecule has 1 saturated heterocycles. The van der Waals surface area contributed by atoms with Crippen LogP contribution in [0.5, 0.6) is 5.75 Å². The maximum Gasteiger partial charge on any atom is 0.124 e. The molecule has 3 nitrogen and oxygen atoms in total. The number of nitrogens with two attached hydrogens (primary N) is 1. The van der Waals surface area contributed by atoms with Gasteiger partial charge in [-0.05, 0) is 25.8 Å². The summed E-state index contributed by atoms with van der Waals surface area (Å²) in [6.45, 7) is 3.62. The summed E-state index contributed by atoms with van der Waals surface area (Å²) in [6, 6.07) is 8.53. The lowest BCUT2D eigenvalue weighted by atomic mass is 9.89. The fraction of sp³-hybridized carbons (Fsp3) is 0.600. The molecule has 98 valence electrons. The van der Waals surface area contributed by atoms with Crippen molar-refractivity contribution in [1.82, 2.24) is 0 Å². The third-order valence-electron chi connectivity index (χ3n) is 4.27. The minimum Gasteiger partial charge on any atom is -0.488 e. The fourth-order valence-corrected chi connectivity index (χ4v) is 2.87. The van der Waals surface area contributed by atoms with E-state index < -0.39 is 0 Å². The Labute approximate surface area is 108 Å². The number of rotatable bonds is 4. The van der Waals surface area contributed by atoms with Gasteiger partial charge >= 0.3 is 0 Å². The summed E-state index contributed by atoms with van der Waals surface area (Å²) in [5.74, 6) is 1.00. The van der Waals surface area contributed by atoms with Gasteiger partial charge in [0.1, 0.15) is 11.9 Å². The van der Waals surface area contributed by atoms with E-state index in [2.05, 4.69) is 25.1 Å². The molecule has 1 heterocycles. The van der Waals surface area contributed by atoms with E-state index in [9.17, 15) is 0 Å². The Hall–Kier alpha value is -1.06. The summed E-state index contributed by atoms with van der Waals surface area (Å²) < 4.78 is 11.5. The zero-order chi connectivity index (χ0) is 12.6. The molecule has 1 aromatic rings. The monoisotopic (exact) mass is 247 g/mol. The van der Waals surface area contributed by atoms with Crippen molar-refractivity contribution in [2.45, 2.75) is 43.7 Å². The van der Waals surface area contributed by atoms with Crippen LogP contribution in [0.4, 0.5) is 0 Å². The van der Waals surface area contributed by atoms with Crippen molar-refractivity contribution in [3.05, 3.63) is 29.8 Å². The zero-order valence-electron chi connectivity index (χ0n) is 10.9. The summed E-state index contributed by atoms with van der Waals surface area (Å²) >= 11 is 0. The SMILES string of the molecule is CC(N)C1(c2ccccc2OC2CCOC2)CC1. The first kappa shape index (κ1) is 12.0. The van der Waals surface area contributed by atoms with Crippen molar-refractivity contribution in [2.24, 2.45) is 5.73 Å². The zero-order valence-corrected chi connectivity index (χ0v) is 10.9. The van der Waals surface area contributed by atoms with E-state index >= 15 is 0 Å². The standard InChI is InChI=1S/C15H21NO2/c1-11(16)15(7-8-15)13-4-2-3-5-14(13)18-12-6-9-17-10-12/h2-5,11-12H,6-10,16H2,1H3. The van der Waals surface area contributed by atoms with Gasteiger partial charge < -0.3 is 15.2 Å². The topological polar surface area (TPSA) is 44.5 Å². The van der Waals surface area contributed by atoms with Crippen LogP contribution in [0.2, 0.25) is 0 Å². The highest BCUT2D eigenvalue weighted by Crippen LogP contribution is 2.53. The van der Waals surface area contributed by atoms with Crippen LogP contribution in [0.1, 0.15) is 31.7 Å². The Morgan fingerprint density at radius 2 is 2.17 bits per heavy atom. The van der Waals surface area contributed by atoms with Crippen LogP contribution >= 0.6 is 0 Å². The molecule has 3 rings (SSSR count). The minimum absolute atomic E-state index is 0.149. The van der Waals surface area contributed by atoms with Crippen LogP contribution in [-0.4, -0.2) is 25.4 Å². The molecule has 1 aromatic carbocycles. The molecule has 2 fully saturated rings. The Balaban J connectivity index is 1.85. The molecule has 3 heteroatoms. The van der Waals surface area contributed by atoms with Crippen molar-refractivity contribution >= 4 is 0 Å². The second-order valence-electron chi connectivity index (χ2n) is 5.54. The maximum absolute atomic E-state index is 6.16. The van der Waals surface area contributed by atoms with Gasteiger partial charge in [-0.1, -0.05) is 18.2 Å². The van der Waals surface area contributed by atoms with Crippen LogP contribution in [0, 0.1) is 0 Å². The van der Waals surface area contributed by atoms with Crippen molar-refractivity contribution in [3.63, 3.8) is 0 Å². The van der Waals surface area contributed by atoms with E-state index in [1.165, 1.54) is 18.4 Å². The van der Waals surface area contributed by atoms with E-state index in [1.54, 1.807) is 0 Å². The largest absolute Gasteiger partial charge is 0.488 e. The molecule has 18 heavy (non-hydrogen) atoms. The maximum atomic E-state index is 6.16. The molecule has 2 atom stereocenters. The van der Waals surface area contributed by atoms with Gasteiger partial charge in [-0.3, -0.25) is 0 Å².